The molecular formula is C19H16ClF3N6O2. The monoisotopic (exact) mass is 452 g/mol. The van der Waals surface area contributed by atoms with Gasteiger partial charge in [0.05, 0.1) is 16.8 Å². The number of carbonyl (C=O) groups is 1. The maximum Gasteiger partial charge on any atom is 0.417 e. The molecule has 3 aromatic rings. The fraction of sp³-hybridized carbons (Fsp3) is 0.105. The molecule has 31 heavy (non-hydrogen) atoms. The molecule has 0 atom stereocenters. The Morgan fingerprint density at radius 1 is 1.13 bits per heavy atom. The number of urea groups is 1. The van der Waals surface area contributed by atoms with Crippen LogP contribution in [0.4, 0.5) is 41.1 Å². The Bertz CT molecular complexity index is 1110. The maximum absolute atomic E-state index is 13.0. The highest BCUT2D eigenvalue weighted by atomic mass is 35.5. The van der Waals surface area contributed by atoms with Crippen LogP contribution in [-0.2, 0) is 6.18 Å². The highest BCUT2D eigenvalue weighted by Crippen LogP contribution is 2.36. The number of nitrogens with zero attached hydrogens (tertiary/aromatic N) is 2. The summed E-state index contributed by atoms with van der Waals surface area (Å²) in [5, 5.41) is 7.11. The predicted molar refractivity (Wildman–Crippen MR) is 112 cm³/mol. The highest BCUT2D eigenvalue weighted by Gasteiger charge is 2.33. The average Bonchev–Trinajstić information content (AvgIpc) is 2.70. The number of amides is 2. The van der Waals surface area contributed by atoms with Crippen LogP contribution in [0.5, 0.6) is 11.5 Å². The summed E-state index contributed by atoms with van der Waals surface area (Å²) in [5.41, 5.74) is 5.02. The smallest absolute Gasteiger partial charge is 0.417 e. The van der Waals surface area contributed by atoms with Gasteiger partial charge >= 0.3 is 12.2 Å². The second-order valence-corrected chi connectivity index (χ2v) is 6.50. The second-order valence-electron chi connectivity index (χ2n) is 6.09. The summed E-state index contributed by atoms with van der Waals surface area (Å²) in [5.74, 6) is 0.976. The Kier molecular flexibility index (Phi) is 6.35. The zero-order valence-electron chi connectivity index (χ0n) is 15.9. The van der Waals surface area contributed by atoms with Gasteiger partial charge in [-0.1, -0.05) is 17.7 Å². The van der Waals surface area contributed by atoms with E-state index in [1.807, 2.05) is 0 Å². The van der Waals surface area contributed by atoms with Crippen molar-refractivity contribution in [3.8, 4) is 11.5 Å². The second kappa shape index (κ2) is 8.96. The van der Waals surface area contributed by atoms with Crippen molar-refractivity contribution in [3.63, 3.8) is 0 Å². The van der Waals surface area contributed by atoms with Gasteiger partial charge in [-0.3, -0.25) is 0 Å². The molecule has 0 spiro atoms. The molecule has 0 saturated heterocycles. The van der Waals surface area contributed by atoms with Gasteiger partial charge in [-0.2, -0.15) is 18.2 Å². The van der Waals surface area contributed by atoms with Crippen molar-refractivity contribution < 1.29 is 22.7 Å². The molecule has 1 aromatic heterocycles. The molecule has 0 aliphatic rings. The third-order valence-corrected chi connectivity index (χ3v) is 4.19. The molecule has 5 N–H and O–H groups in total. The van der Waals surface area contributed by atoms with Crippen molar-refractivity contribution in [3.05, 3.63) is 59.2 Å². The molecule has 0 aliphatic carbocycles. The van der Waals surface area contributed by atoms with Gasteiger partial charge in [-0.15, -0.1) is 0 Å². The van der Waals surface area contributed by atoms with E-state index >= 15 is 0 Å². The van der Waals surface area contributed by atoms with Gasteiger partial charge in [0.2, 0.25) is 5.95 Å². The lowest BCUT2D eigenvalue weighted by Gasteiger charge is -2.13. The maximum atomic E-state index is 13.0. The molecule has 12 heteroatoms. The minimum atomic E-state index is -4.64. The van der Waals surface area contributed by atoms with E-state index in [9.17, 15) is 18.0 Å². The summed E-state index contributed by atoms with van der Waals surface area (Å²) in [4.78, 5) is 20.2. The van der Waals surface area contributed by atoms with E-state index in [0.717, 1.165) is 12.1 Å². The molecule has 0 aliphatic heterocycles. The first-order chi connectivity index (χ1) is 14.7. The number of alkyl halides is 3. The Morgan fingerprint density at radius 2 is 1.84 bits per heavy atom. The van der Waals surface area contributed by atoms with E-state index in [4.69, 9.17) is 22.1 Å². The quantitative estimate of drug-likeness (QED) is 0.422. The Hall–Kier alpha value is -3.73. The van der Waals surface area contributed by atoms with Gasteiger partial charge in [0.1, 0.15) is 5.75 Å². The molecule has 0 saturated carbocycles. The van der Waals surface area contributed by atoms with Crippen LogP contribution in [0.2, 0.25) is 5.02 Å². The van der Waals surface area contributed by atoms with Crippen molar-refractivity contribution in [2.75, 3.05) is 28.7 Å². The number of nitrogens with two attached hydrogens (primary N) is 1. The van der Waals surface area contributed by atoms with Crippen molar-refractivity contribution in [2.45, 2.75) is 6.18 Å². The zero-order valence-corrected chi connectivity index (χ0v) is 16.7. The van der Waals surface area contributed by atoms with Crippen LogP contribution in [0, 0.1) is 0 Å². The van der Waals surface area contributed by atoms with Crippen LogP contribution in [0.3, 0.4) is 0 Å². The molecule has 3 rings (SSSR count). The van der Waals surface area contributed by atoms with Gasteiger partial charge in [0, 0.05) is 24.5 Å². The summed E-state index contributed by atoms with van der Waals surface area (Å²) >= 11 is 5.58. The number of nitrogen functional groups attached to an aromatic ring is 1. The van der Waals surface area contributed by atoms with Crippen LogP contribution >= 0.6 is 11.6 Å². The van der Waals surface area contributed by atoms with E-state index in [0.29, 0.717) is 17.4 Å². The number of nitrogens with one attached hydrogen (secondary N) is 3. The molecule has 1 heterocycles. The van der Waals surface area contributed by atoms with Crippen LogP contribution < -0.4 is 26.4 Å². The van der Waals surface area contributed by atoms with Crippen molar-refractivity contribution in [2.24, 2.45) is 0 Å². The first-order valence-electron chi connectivity index (χ1n) is 8.68. The molecule has 8 nitrogen and oxygen atoms in total. The van der Waals surface area contributed by atoms with Crippen LogP contribution in [0.25, 0.3) is 0 Å². The van der Waals surface area contributed by atoms with Gasteiger partial charge in [0.15, 0.2) is 11.6 Å². The fourth-order valence-electron chi connectivity index (χ4n) is 2.46. The number of anilines is 4. The number of rotatable bonds is 5. The van der Waals surface area contributed by atoms with Crippen molar-refractivity contribution >= 4 is 40.8 Å². The van der Waals surface area contributed by atoms with Crippen LogP contribution in [-0.4, -0.2) is 23.0 Å². The molecule has 2 amide bonds. The molecule has 2 aromatic carbocycles. The summed E-state index contributed by atoms with van der Waals surface area (Å²) in [6, 6.07) is 8.59. The molecular weight excluding hydrogens is 437 g/mol. The first kappa shape index (κ1) is 22.0. The number of aromatic nitrogens is 2. The molecule has 0 fully saturated rings. The molecule has 0 bridgehead atoms. The lowest BCUT2D eigenvalue weighted by Crippen LogP contribution is -2.20. The zero-order chi connectivity index (χ0) is 22.6. The number of ether oxygens (including phenoxy) is 1. The fourth-order valence-corrected chi connectivity index (χ4v) is 2.69. The van der Waals surface area contributed by atoms with Gasteiger partial charge in [0.25, 0.3) is 0 Å². The summed E-state index contributed by atoms with van der Waals surface area (Å²) in [6.07, 6.45) is -3.26. The minimum absolute atomic E-state index is 0.0730. The SMILES string of the molecule is CNc1ncc(Oc2cccc(NC(=O)Nc3ccc(Cl)c(C(F)(F)F)c3)c2)c(N)n1. The van der Waals surface area contributed by atoms with Crippen LogP contribution in [0.1, 0.15) is 5.56 Å². The largest absolute Gasteiger partial charge is 0.452 e. The first-order valence-corrected chi connectivity index (χ1v) is 9.06. The number of halogens is 4. The molecule has 0 unspecified atom stereocenters. The summed E-state index contributed by atoms with van der Waals surface area (Å²) in [7, 11) is 1.64. The van der Waals surface area contributed by atoms with E-state index in [1.54, 1.807) is 25.2 Å². The lowest BCUT2D eigenvalue weighted by atomic mass is 10.2. The van der Waals surface area contributed by atoms with Gasteiger partial charge in [-0.25, -0.2) is 9.78 Å². The Balaban J connectivity index is 1.69. The number of benzene rings is 2. The van der Waals surface area contributed by atoms with Crippen LogP contribution in [0.15, 0.2) is 48.7 Å². The van der Waals surface area contributed by atoms with E-state index in [2.05, 4.69) is 25.9 Å². The van der Waals surface area contributed by atoms with Crippen molar-refractivity contribution in [1.29, 1.82) is 0 Å². The van der Waals surface area contributed by atoms with Gasteiger partial charge in [-0.05, 0) is 30.3 Å². The third kappa shape index (κ3) is 5.66. The normalized spacial score (nSPS) is 11.0. The third-order valence-electron chi connectivity index (χ3n) is 3.86. The molecule has 0 radical (unpaired) electrons. The predicted octanol–water partition coefficient (Wildman–Crippen LogP) is 5.21. The average molecular weight is 453 g/mol. The Labute approximate surface area is 179 Å². The lowest BCUT2D eigenvalue weighted by molar-refractivity contribution is -0.137. The van der Waals surface area contributed by atoms with Gasteiger partial charge < -0.3 is 26.4 Å². The van der Waals surface area contributed by atoms with Crippen molar-refractivity contribution in [1.82, 2.24) is 9.97 Å². The summed E-state index contributed by atoms with van der Waals surface area (Å²) < 4.78 is 44.5. The molecule has 162 valence electrons. The topological polar surface area (TPSA) is 114 Å². The van der Waals surface area contributed by atoms with E-state index in [-0.39, 0.29) is 17.3 Å². The number of hydrogen-bond donors (Lipinski definition) is 4. The summed E-state index contributed by atoms with van der Waals surface area (Å²) in [6.45, 7) is 0. The van der Waals surface area contributed by atoms with E-state index in [1.165, 1.54) is 18.3 Å². The Morgan fingerprint density at radius 3 is 2.48 bits per heavy atom. The number of hydrogen-bond acceptors (Lipinski definition) is 6. The van der Waals surface area contributed by atoms with E-state index < -0.39 is 22.8 Å². The minimum Gasteiger partial charge on any atom is -0.452 e. The number of carbonyl (C=O) groups excluding carboxylic acids is 1. The highest BCUT2D eigenvalue weighted by molar-refractivity contribution is 6.31. The standard InChI is InChI=1S/C19H16ClF3N6O2/c1-25-17-26-9-15(16(24)29-17)31-12-4-2-3-10(7-12)27-18(30)28-11-5-6-14(20)13(8-11)19(21,22)23/h2-9H,1H3,(H2,27,28,30)(H3,24,25,26,29).